The van der Waals surface area contributed by atoms with Gasteiger partial charge >= 0.3 is 0 Å². The summed E-state index contributed by atoms with van der Waals surface area (Å²) in [6.45, 7) is 2.77. The number of ketones is 1. The van der Waals surface area contributed by atoms with Gasteiger partial charge in [0.1, 0.15) is 0 Å². The van der Waals surface area contributed by atoms with Crippen molar-refractivity contribution in [1.82, 2.24) is 9.55 Å². The van der Waals surface area contributed by atoms with Gasteiger partial charge in [0, 0.05) is 24.5 Å². The number of rotatable bonds is 4. The van der Waals surface area contributed by atoms with Gasteiger partial charge in [-0.2, -0.15) is 0 Å². The Bertz CT molecular complexity index is 599. The summed E-state index contributed by atoms with van der Waals surface area (Å²) in [7, 11) is 0. The van der Waals surface area contributed by atoms with Gasteiger partial charge in [0.05, 0.1) is 15.7 Å². The first-order valence-electron chi connectivity index (χ1n) is 5.85. The second kappa shape index (κ2) is 5.63. The van der Waals surface area contributed by atoms with Crippen LogP contribution in [0, 0.1) is 0 Å². The van der Waals surface area contributed by atoms with Gasteiger partial charge in [-0.1, -0.05) is 30.1 Å². The highest BCUT2D eigenvalue weighted by Gasteiger charge is 2.17. The molecule has 1 aromatic carbocycles. The van der Waals surface area contributed by atoms with E-state index in [0.717, 1.165) is 13.0 Å². The molecule has 0 bridgehead atoms. The predicted octanol–water partition coefficient (Wildman–Crippen LogP) is 3.41. The molecule has 0 saturated heterocycles. The molecule has 0 aliphatic carbocycles. The zero-order valence-electron chi connectivity index (χ0n) is 10.4. The van der Waals surface area contributed by atoms with Crippen LogP contribution in [0.4, 0.5) is 5.69 Å². The van der Waals surface area contributed by atoms with Crippen molar-refractivity contribution in [3.8, 4) is 0 Å². The zero-order valence-corrected chi connectivity index (χ0v) is 11.9. The number of imidazole rings is 1. The molecule has 2 rings (SSSR count). The van der Waals surface area contributed by atoms with E-state index in [1.165, 1.54) is 12.1 Å². The van der Waals surface area contributed by atoms with E-state index in [4.69, 9.17) is 28.9 Å². The average molecular weight is 298 g/mol. The van der Waals surface area contributed by atoms with Gasteiger partial charge in [0.2, 0.25) is 5.78 Å². The highest BCUT2D eigenvalue weighted by atomic mass is 35.5. The third-order valence-corrected chi connectivity index (χ3v) is 3.35. The lowest BCUT2D eigenvalue weighted by molar-refractivity contribution is 0.102. The van der Waals surface area contributed by atoms with Crippen LogP contribution in [0.3, 0.4) is 0 Å². The number of aromatic nitrogens is 2. The standard InChI is InChI=1S/C13H13Cl2N3O/c1-2-4-18-5-3-17-13(18)12(19)8-6-9(14)11(16)10(15)7-8/h3,5-7H,2,4,16H2,1H3. The molecule has 6 heteroatoms. The summed E-state index contributed by atoms with van der Waals surface area (Å²) in [4.78, 5) is 16.5. The first-order valence-corrected chi connectivity index (χ1v) is 6.60. The van der Waals surface area contributed by atoms with Gasteiger partial charge in [-0.15, -0.1) is 0 Å². The van der Waals surface area contributed by atoms with Crippen LogP contribution in [-0.2, 0) is 6.54 Å². The molecule has 19 heavy (non-hydrogen) atoms. The van der Waals surface area contributed by atoms with E-state index in [-0.39, 0.29) is 21.5 Å². The molecule has 2 aromatic rings. The lowest BCUT2D eigenvalue weighted by atomic mass is 10.1. The Kier molecular flexibility index (Phi) is 4.12. The summed E-state index contributed by atoms with van der Waals surface area (Å²) >= 11 is 11.9. The maximum atomic E-state index is 12.4. The van der Waals surface area contributed by atoms with E-state index in [9.17, 15) is 4.79 Å². The first-order chi connectivity index (χ1) is 9.04. The van der Waals surface area contributed by atoms with Gasteiger partial charge < -0.3 is 10.3 Å². The second-order valence-corrected chi connectivity index (χ2v) is 4.94. The highest BCUT2D eigenvalue weighted by molar-refractivity contribution is 6.39. The molecule has 1 heterocycles. The predicted molar refractivity (Wildman–Crippen MR) is 76.8 cm³/mol. The largest absolute Gasteiger partial charge is 0.396 e. The number of hydrogen-bond donors (Lipinski definition) is 1. The SMILES string of the molecule is CCCn1ccnc1C(=O)c1cc(Cl)c(N)c(Cl)c1. The van der Waals surface area contributed by atoms with Crippen molar-refractivity contribution in [3.63, 3.8) is 0 Å². The smallest absolute Gasteiger partial charge is 0.228 e. The second-order valence-electron chi connectivity index (χ2n) is 4.13. The van der Waals surface area contributed by atoms with Crippen LogP contribution < -0.4 is 5.73 Å². The molecule has 0 atom stereocenters. The Morgan fingerprint density at radius 1 is 1.37 bits per heavy atom. The summed E-state index contributed by atoms with van der Waals surface area (Å²) in [5.41, 5.74) is 6.31. The average Bonchev–Trinajstić information content (AvgIpc) is 2.83. The molecular weight excluding hydrogens is 285 g/mol. The minimum Gasteiger partial charge on any atom is -0.396 e. The van der Waals surface area contributed by atoms with Crippen LogP contribution in [0.15, 0.2) is 24.5 Å². The van der Waals surface area contributed by atoms with Crippen LogP contribution in [0.1, 0.15) is 29.5 Å². The van der Waals surface area contributed by atoms with E-state index in [0.29, 0.717) is 11.4 Å². The molecule has 0 aliphatic heterocycles. The molecule has 100 valence electrons. The topological polar surface area (TPSA) is 60.9 Å². The van der Waals surface area contributed by atoms with E-state index in [1.807, 2.05) is 6.92 Å². The van der Waals surface area contributed by atoms with Gasteiger partial charge in [-0.05, 0) is 18.6 Å². The van der Waals surface area contributed by atoms with E-state index in [2.05, 4.69) is 4.98 Å². The van der Waals surface area contributed by atoms with Crippen molar-refractivity contribution in [3.05, 3.63) is 46.0 Å². The third kappa shape index (κ3) is 2.74. The molecular formula is C13H13Cl2N3O. The zero-order chi connectivity index (χ0) is 14.0. The number of aryl methyl sites for hydroxylation is 1. The summed E-state index contributed by atoms with van der Waals surface area (Å²) < 4.78 is 1.81. The van der Waals surface area contributed by atoms with Crippen molar-refractivity contribution in [2.75, 3.05) is 5.73 Å². The van der Waals surface area contributed by atoms with Gasteiger partial charge in [-0.3, -0.25) is 4.79 Å². The Balaban J connectivity index is 2.41. The van der Waals surface area contributed by atoms with Crippen molar-refractivity contribution >= 4 is 34.7 Å². The molecule has 2 N–H and O–H groups in total. The minimum absolute atomic E-state index is 0.220. The fourth-order valence-electron chi connectivity index (χ4n) is 1.78. The number of hydrogen-bond acceptors (Lipinski definition) is 3. The normalized spacial score (nSPS) is 10.7. The van der Waals surface area contributed by atoms with Gasteiger partial charge in [-0.25, -0.2) is 4.98 Å². The van der Waals surface area contributed by atoms with E-state index >= 15 is 0 Å². The number of nitrogen functional groups attached to an aromatic ring is 1. The molecule has 4 nitrogen and oxygen atoms in total. The number of benzene rings is 1. The molecule has 0 spiro atoms. The summed E-state index contributed by atoms with van der Waals surface area (Å²) in [6, 6.07) is 3.02. The highest BCUT2D eigenvalue weighted by Crippen LogP contribution is 2.29. The van der Waals surface area contributed by atoms with Crippen LogP contribution >= 0.6 is 23.2 Å². The van der Waals surface area contributed by atoms with Crippen molar-refractivity contribution in [2.45, 2.75) is 19.9 Å². The molecule has 0 unspecified atom stereocenters. The maximum absolute atomic E-state index is 12.4. The van der Waals surface area contributed by atoms with Crippen LogP contribution in [0.2, 0.25) is 10.0 Å². The Morgan fingerprint density at radius 2 is 2.00 bits per heavy atom. The number of halogens is 2. The minimum atomic E-state index is -0.220. The van der Waals surface area contributed by atoms with Gasteiger partial charge in [0.15, 0.2) is 5.82 Å². The number of carbonyl (C=O) groups excluding carboxylic acids is 1. The Labute approximate surface area is 121 Å². The number of anilines is 1. The first kappa shape index (κ1) is 13.9. The Morgan fingerprint density at radius 3 is 2.58 bits per heavy atom. The molecule has 0 fully saturated rings. The van der Waals surface area contributed by atoms with Gasteiger partial charge in [0.25, 0.3) is 0 Å². The van der Waals surface area contributed by atoms with E-state index in [1.54, 1.807) is 17.0 Å². The number of carbonyl (C=O) groups is 1. The molecule has 0 saturated carbocycles. The molecule has 0 aliphatic rings. The van der Waals surface area contributed by atoms with Crippen molar-refractivity contribution in [2.24, 2.45) is 0 Å². The number of nitrogens with zero attached hydrogens (tertiary/aromatic N) is 2. The summed E-state index contributed by atoms with van der Waals surface area (Å²) in [5, 5.41) is 0.536. The summed E-state index contributed by atoms with van der Waals surface area (Å²) in [6.07, 6.45) is 4.29. The molecule has 0 amide bonds. The monoisotopic (exact) mass is 297 g/mol. The molecule has 0 radical (unpaired) electrons. The van der Waals surface area contributed by atoms with Crippen molar-refractivity contribution < 1.29 is 4.79 Å². The third-order valence-electron chi connectivity index (χ3n) is 2.72. The lowest BCUT2D eigenvalue weighted by Gasteiger charge is -2.07. The Hall–Kier alpha value is -1.52. The lowest BCUT2D eigenvalue weighted by Crippen LogP contribution is -2.11. The maximum Gasteiger partial charge on any atom is 0.228 e. The fourth-order valence-corrected chi connectivity index (χ4v) is 2.27. The van der Waals surface area contributed by atoms with Crippen LogP contribution in [-0.4, -0.2) is 15.3 Å². The summed E-state index contributed by atoms with van der Waals surface area (Å²) in [5.74, 6) is 0.154. The molecule has 1 aromatic heterocycles. The van der Waals surface area contributed by atoms with Crippen molar-refractivity contribution in [1.29, 1.82) is 0 Å². The fraction of sp³-hybridized carbons (Fsp3) is 0.231. The number of nitrogens with two attached hydrogens (primary N) is 1. The quantitative estimate of drug-likeness (QED) is 0.695. The van der Waals surface area contributed by atoms with Crippen LogP contribution in [0.5, 0.6) is 0 Å². The van der Waals surface area contributed by atoms with Crippen LogP contribution in [0.25, 0.3) is 0 Å². The van der Waals surface area contributed by atoms with E-state index < -0.39 is 0 Å².